The van der Waals surface area contributed by atoms with Crippen LogP contribution in [0.1, 0.15) is 29.5 Å². The summed E-state index contributed by atoms with van der Waals surface area (Å²) in [6.45, 7) is 0.145. The van der Waals surface area contributed by atoms with Gasteiger partial charge >= 0.3 is 0 Å². The quantitative estimate of drug-likeness (QED) is 0.877. The monoisotopic (exact) mass is 256 g/mol. The molecule has 0 saturated carbocycles. The largest absolute Gasteiger partial charge is 0.396 e. The van der Waals surface area contributed by atoms with Gasteiger partial charge in [0.15, 0.2) is 5.82 Å². The summed E-state index contributed by atoms with van der Waals surface area (Å²) in [5.74, 6) is 0.742. The molecule has 3 rings (SSSR count). The topological polar surface area (TPSA) is 66.2 Å². The van der Waals surface area contributed by atoms with Crippen molar-refractivity contribution in [2.24, 2.45) is 0 Å². The van der Waals surface area contributed by atoms with E-state index in [-0.39, 0.29) is 25.0 Å². The summed E-state index contributed by atoms with van der Waals surface area (Å²) in [5.41, 5.74) is 2.83. The van der Waals surface area contributed by atoms with Crippen molar-refractivity contribution in [2.45, 2.75) is 18.3 Å². The first kappa shape index (κ1) is 12.3. The lowest BCUT2D eigenvalue weighted by atomic mass is 10.0. The summed E-state index contributed by atoms with van der Waals surface area (Å²) in [4.78, 5) is 8.98. The van der Waals surface area contributed by atoms with Gasteiger partial charge < -0.3 is 10.2 Å². The standard InChI is InChI=1S/C15H16N2O2/c18-8-11-6-12(9-19)14-13(11)7-16-15(17-14)10-4-2-1-3-5-10/h1-5,7,11-12,18-19H,6,8-9H2/t11-,12+/m0/s1. The number of rotatable bonds is 3. The number of aromatic nitrogens is 2. The first-order valence-corrected chi connectivity index (χ1v) is 6.47. The molecule has 1 aliphatic rings. The molecule has 2 atom stereocenters. The van der Waals surface area contributed by atoms with Crippen molar-refractivity contribution in [1.82, 2.24) is 9.97 Å². The summed E-state index contributed by atoms with van der Waals surface area (Å²) in [6, 6.07) is 9.79. The molecular formula is C15H16N2O2. The lowest BCUT2D eigenvalue weighted by Gasteiger charge is -2.08. The molecule has 4 heteroatoms. The van der Waals surface area contributed by atoms with Crippen LogP contribution >= 0.6 is 0 Å². The first-order valence-electron chi connectivity index (χ1n) is 6.47. The van der Waals surface area contributed by atoms with E-state index in [9.17, 15) is 10.2 Å². The van der Waals surface area contributed by atoms with E-state index in [4.69, 9.17) is 0 Å². The van der Waals surface area contributed by atoms with Gasteiger partial charge in [-0.05, 0) is 12.0 Å². The lowest BCUT2D eigenvalue weighted by molar-refractivity contribution is 0.233. The van der Waals surface area contributed by atoms with Crippen LogP contribution in [0, 0.1) is 0 Å². The van der Waals surface area contributed by atoms with Gasteiger partial charge in [0, 0.05) is 23.6 Å². The number of aliphatic hydroxyl groups excluding tert-OH is 2. The highest BCUT2D eigenvalue weighted by Gasteiger charge is 2.32. The smallest absolute Gasteiger partial charge is 0.159 e. The summed E-state index contributed by atoms with van der Waals surface area (Å²) in [6.07, 6.45) is 2.54. The minimum atomic E-state index is 0.0117. The van der Waals surface area contributed by atoms with Gasteiger partial charge in [-0.2, -0.15) is 0 Å². The number of hydrogen-bond donors (Lipinski definition) is 2. The predicted octanol–water partition coefficient (Wildman–Crippen LogP) is 1.70. The Morgan fingerprint density at radius 3 is 2.47 bits per heavy atom. The van der Waals surface area contributed by atoms with E-state index in [2.05, 4.69) is 9.97 Å². The number of fused-ring (bicyclic) bond motifs is 1. The molecule has 1 aromatic carbocycles. The third-order valence-electron chi connectivity index (χ3n) is 3.72. The molecule has 0 spiro atoms. The highest BCUT2D eigenvalue weighted by molar-refractivity contribution is 5.55. The molecular weight excluding hydrogens is 240 g/mol. The maximum Gasteiger partial charge on any atom is 0.159 e. The molecule has 19 heavy (non-hydrogen) atoms. The van der Waals surface area contributed by atoms with Crippen LogP contribution in [0.3, 0.4) is 0 Å². The Kier molecular flexibility index (Phi) is 3.27. The highest BCUT2D eigenvalue weighted by Crippen LogP contribution is 2.40. The average molecular weight is 256 g/mol. The van der Waals surface area contributed by atoms with Crippen LogP contribution in [0.2, 0.25) is 0 Å². The van der Waals surface area contributed by atoms with Crippen LogP contribution in [-0.2, 0) is 0 Å². The number of aliphatic hydroxyl groups is 2. The Morgan fingerprint density at radius 2 is 1.79 bits per heavy atom. The van der Waals surface area contributed by atoms with Crippen LogP contribution in [0.25, 0.3) is 11.4 Å². The zero-order valence-corrected chi connectivity index (χ0v) is 10.5. The fourth-order valence-electron chi connectivity index (χ4n) is 2.69. The molecule has 0 fully saturated rings. The van der Waals surface area contributed by atoms with E-state index in [1.165, 1.54) is 0 Å². The maximum absolute atomic E-state index is 9.45. The van der Waals surface area contributed by atoms with Crippen molar-refractivity contribution >= 4 is 0 Å². The molecule has 0 radical (unpaired) electrons. The molecule has 4 nitrogen and oxygen atoms in total. The Hall–Kier alpha value is -1.78. The van der Waals surface area contributed by atoms with Crippen molar-refractivity contribution in [3.63, 3.8) is 0 Å². The highest BCUT2D eigenvalue weighted by atomic mass is 16.3. The summed E-state index contributed by atoms with van der Waals surface area (Å²) < 4.78 is 0. The summed E-state index contributed by atoms with van der Waals surface area (Å²) in [7, 11) is 0. The molecule has 2 aromatic rings. The van der Waals surface area contributed by atoms with Crippen molar-refractivity contribution in [3.05, 3.63) is 47.8 Å². The molecule has 0 unspecified atom stereocenters. The lowest BCUT2D eigenvalue weighted by Crippen LogP contribution is -2.03. The normalized spacial score (nSPS) is 21.4. The molecule has 1 aliphatic carbocycles. The molecule has 1 heterocycles. The van der Waals surface area contributed by atoms with Crippen molar-refractivity contribution in [2.75, 3.05) is 13.2 Å². The molecule has 0 aliphatic heterocycles. The average Bonchev–Trinajstić information content (AvgIpc) is 2.85. The second-order valence-corrected chi connectivity index (χ2v) is 4.89. The van der Waals surface area contributed by atoms with Crippen LogP contribution < -0.4 is 0 Å². The Labute approximate surface area is 111 Å². The number of nitrogens with zero attached hydrogens (tertiary/aromatic N) is 2. The van der Waals surface area contributed by atoms with Gasteiger partial charge in [-0.15, -0.1) is 0 Å². The SMILES string of the molecule is OC[C@@H]1C[C@H](CO)c2nc(-c3ccccc3)ncc21. The van der Waals surface area contributed by atoms with Gasteiger partial charge in [-0.25, -0.2) is 9.97 Å². The van der Waals surface area contributed by atoms with Gasteiger partial charge in [0.2, 0.25) is 0 Å². The third-order valence-corrected chi connectivity index (χ3v) is 3.72. The van der Waals surface area contributed by atoms with E-state index >= 15 is 0 Å². The first-order chi connectivity index (χ1) is 9.33. The van der Waals surface area contributed by atoms with E-state index in [1.54, 1.807) is 6.20 Å². The van der Waals surface area contributed by atoms with E-state index in [0.29, 0.717) is 5.82 Å². The predicted molar refractivity (Wildman–Crippen MR) is 71.7 cm³/mol. The maximum atomic E-state index is 9.45. The van der Waals surface area contributed by atoms with Gasteiger partial charge in [0.05, 0.1) is 18.9 Å². The third kappa shape index (κ3) is 2.13. The van der Waals surface area contributed by atoms with Crippen LogP contribution in [0.5, 0.6) is 0 Å². The summed E-state index contributed by atoms with van der Waals surface area (Å²) in [5, 5.41) is 18.8. The van der Waals surface area contributed by atoms with Crippen molar-refractivity contribution in [3.8, 4) is 11.4 Å². The van der Waals surface area contributed by atoms with E-state index in [0.717, 1.165) is 23.2 Å². The Morgan fingerprint density at radius 1 is 1.05 bits per heavy atom. The minimum absolute atomic E-state index is 0.0117. The second kappa shape index (κ2) is 5.07. The van der Waals surface area contributed by atoms with E-state index < -0.39 is 0 Å². The van der Waals surface area contributed by atoms with Gasteiger partial charge in [0.1, 0.15) is 0 Å². The van der Waals surface area contributed by atoms with Gasteiger partial charge in [0.25, 0.3) is 0 Å². The molecule has 0 bridgehead atoms. The van der Waals surface area contributed by atoms with Crippen LogP contribution in [0.15, 0.2) is 36.5 Å². The van der Waals surface area contributed by atoms with Crippen molar-refractivity contribution < 1.29 is 10.2 Å². The Balaban J connectivity index is 2.04. The molecule has 0 amide bonds. The zero-order valence-electron chi connectivity index (χ0n) is 10.5. The molecule has 0 saturated heterocycles. The fourth-order valence-corrected chi connectivity index (χ4v) is 2.69. The molecule has 98 valence electrons. The Bertz CT molecular complexity index is 572. The minimum Gasteiger partial charge on any atom is -0.396 e. The summed E-state index contributed by atoms with van der Waals surface area (Å²) >= 11 is 0. The number of benzene rings is 1. The van der Waals surface area contributed by atoms with Gasteiger partial charge in [-0.1, -0.05) is 30.3 Å². The fraction of sp³-hybridized carbons (Fsp3) is 0.333. The van der Waals surface area contributed by atoms with Crippen LogP contribution in [0.4, 0.5) is 0 Å². The number of hydrogen-bond acceptors (Lipinski definition) is 4. The van der Waals surface area contributed by atoms with Gasteiger partial charge in [-0.3, -0.25) is 0 Å². The van der Waals surface area contributed by atoms with Crippen LogP contribution in [-0.4, -0.2) is 33.4 Å². The second-order valence-electron chi connectivity index (χ2n) is 4.89. The molecule has 2 N–H and O–H groups in total. The van der Waals surface area contributed by atoms with Crippen molar-refractivity contribution in [1.29, 1.82) is 0 Å². The zero-order chi connectivity index (χ0) is 13.2. The molecule has 1 aromatic heterocycles. The van der Waals surface area contributed by atoms with E-state index in [1.807, 2.05) is 30.3 Å².